The SMILES string of the molecule is O=S(=O)(CCc1ccccc1)Nc1ccc(Nc2cccc(F)c2)nn1. The average molecular weight is 372 g/mol. The molecule has 1 heterocycles. The first-order chi connectivity index (χ1) is 12.5. The number of rotatable bonds is 7. The number of halogens is 1. The smallest absolute Gasteiger partial charge is 0.234 e. The van der Waals surface area contributed by atoms with Crippen LogP contribution in [0.5, 0.6) is 0 Å². The Balaban J connectivity index is 1.59. The van der Waals surface area contributed by atoms with Gasteiger partial charge in [0.15, 0.2) is 11.6 Å². The average Bonchev–Trinajstić information content (AvgIpc) is 2.63. The molecule has 26 heavy (non-hydrogen) atoms. The molecule has 0 radical (unpaired) electrons. The normalized spacial score (nSPS) is 11.1. The number of hydrogen-bond acceptors (Lipinski definition) is 5. The maximum atomic E-state index is 13.2. The third-order valence-corrected chi connectivity index (χ3v) is 4.79. The Morgan fingerprint density at radius 2 is 1.62 bits per heavy atom. The van der Waals surface area contributed by atoms with Crippen LogP contribution in [-0.2, 0) is 16.4 Å². The van der Waals surface area contributed by atoms with Gasteiger partial charge in [0.2, 0.25) is 10.0 Å². The minimum absolute atomic E-state index is 0.0536. The number of sulfonamides is 1. The van der Waals surface area contributed by atoms with E-state index in [4.69, 9.17) is 0 Å². The summed E-state index contributed by atoms with van der Waals surface area (Å²) in [7, 11) is -3.53. The van der Waals surface area contributed by atoms with Gasteiger partial charge < -0.3 is 5.32 Å². The minimum Gasteiger partial charge on any atom is -0.339 e. The highest BCUT2D eigenvalue weighted by atomic mass is 32.2. The molecule has 8 heteroatoms. The Morgan fingerprint density at radius 3 is 2.31 bits per heavy atom. The fourth-order valence-corrected chi connectivity index (χ4v) is 3.31. The maximum absolute atomic E-state index is 13.2. The lowest BCUT2D eigenvalue weighted by molar-refractivity contribution is 0.600. The topological polar surface area (TPSA) is 84.0 Å². The van der Waals surface area contributed by atoms with Gasteiger partial charge in [-0.1, -0.05) is 36.4 Å². The van der Waals surface area contributed by atoms with E-state index in [0.29, 0.717) is 17.9 Å². The maximum Gasteiger partial charge on any atom is 0.234 e. The molecule has 0 spiro atoms. The molecule has 0 aliphatic heterocycles. The van der Waals surface area contributed by atoms with Crippen molar-refractivity contribution >= 4 is 27.3 Å². The van der Waals surface area contributed by atoms with Gasteiger partial charge in [0.25, 0.3) is 0 Å². The van der Waals surface area contributed by atoms with Crippen molar-refractivity contribution < 1.29 is 12.8 Å². The summed E-state index contributed by atoms with van der Waals surface area (Å²) in [6.45, 7) is 0. The third kappa shape index (κ3) is 5.25. The lowest BCUT2D eigenvalue weighted by atomic mass is 10.2. The van der Waals surface area contributed by atoms with Crippen molar-refractivity contribution in [2.24, 2.45) is 0 Å². The molecule has 0 fully saturated rings. The van der Waals surface area contributed by atoms with Crippen LogP contribution < -0.4 is 10.0 Å². The molecule has 0 amide bonds. The first-order valence-corrected chi connectivity index (χ1v) is 9.56. The van der Waals surface area contributed by atoms with E-state index in [0.717, 1.165) is 5.56 Å². The number of nitrogens with one attached hydrogen (secondary N) is 2. The molecular weight excluding hydrogens is 355 g/mol. The van der Waals surface area contributed by atoms with E-state index >= 15 is 0 Å². The van der Waals surface area contributed by atoms with Gasteiger partial charge in [-0.15, -0.1) is 10.2 Å². The molecule has 3 aromatic rings. The van der Waals surface area contributed by atoms with E-state index in [9.17, 15) is 12.8 Å². The van der Waals surface area contributed by atoms with E-state index in [1.54, 1.807) is 18.2 Å². The number of hydrogen-bond donors (Lipinski definition) is 2. The van der Waals surface area contributed by atoms with Gasteiger partial charge in [-0.2, -0.15) is 0 Å². The van der Waals surface area contributed by atoms with Crippen LogP contribution in [0.15, 0.2) is 66.7 Å². The zero-order valence-electron chi connectivity index (χ0n) is 13.8. The van der Waals surface area contributed by atoms with Crippen LogP contribution in [0, 0.1) is 5.82 Å². The number of nitrogens with zero attached hydrogens (tertiary/aromatic N) is 2. The van der Waals surface area contributed by atoms with Crippen LogP contribution in [0.3, 0.4) is 0 Å². The first-order valence-electron chi connectivity index (χ1n) is 7.91. The van der Waals surface area contributed by atoms with E-state index in [2.05, 4.69) is 20.2 Å². The highest BCUT2D eigenvalue weighted by Crippen LogP contribution is 2.16. The summed E-state index contributed by atoms with van der Waals surface area (Å²) in [5, 5.41) is 10.6. The Hall–Kier alpha value is -3.00. The quantitative estimate of drug-likeness (QED) is 0.664. The molecular formula is C18H17FN4O2S. The predicted octanol–water partition coefficient (Wildman–Crippen LogP) is 3.34. The van der Waals surface area contributed by atoms with Gasteiger partial charge in [0.05, 0.1) is 5.75 Å². The fraction of sp³-hybridized carbons (Fsp3) is 0.111. The summed E-state index contributed by atoms with van der Waals surface area (Å²) in [4.78, 5) is 0. The van der Waals surface area contributed by atoms with Gasteiger partial charge in [-0.3, -0.25) is 4.72 Å². The molecule has 134 valence electrons. The van der Waals surface area contributed by atoms with Crippen molar-refractivity contribution in [2.75, 3.05) is 15.8 Å². The Morgan fingerprint density at radius 1 is 0.885 bits per heavy atom. The molecule has 0 aliphatic rings. The lowest BCUT2D eigenvalue weighted by Crippen LogP contribution is -2.19. The molecule has 0 unspecified atom stereocenters. The Bertz CT molecular complexity index is 964. The molecule has 3 rings (SSSR count). The molecule has 0 aliphatic carbocycles. The van der Waals surface area contributed by atoms with E-state index in [-0.39, 0.29) is 17.4 Å². The van der Waals surface area contributed by atoms with Gasteiger partial charge in [0.1, 0.15) is 5.82 Å². The van der Waals surface area contributed by atoms with Crippen LogP contribution in [0.2, 0.25) is 0 Å². The summed E-state index contributed by atoms with van der Waals surface area (Å²) in [6.07, 6.45) is 0.406. The van der Waals surface area contributed by atoms with Crippen LogP contribution in [0.1, 0.15) is 5.56 Å². The molecule has 2 aromatic carbocycles. The summed E-state index contributed by atoms with van der Waals surface area (Å²) >= 11 is 0. The monoisotopic (exact) mass is 372 g/mol. The second kappa shape index (κ2) is 7.92. The minimum atomic E-state index is -3.53. The molecule has 0 bridgehead atoms. The van der Waals surface area contributed by atoms with Crippen molar-refractivity contribution in [2.45, 2.75) is 6.42 Å². The highest BCUT2D eigenvalue weighted by molar-refractivity contribution is 7.92. The molecule has 0 atom stereocenters. The lowest BCUT2D eigenvalue weighted by Gasteiger charge is -2.08. The van der Waals surface area contributed by atoms with Crippen molar-refractivity contribution in [3.63, 3.8) is 0 Å². The largest absolute Gasteiger partial charge is 0.339 e. The zero-order chi connectivity index (χ0) is 18.4. The third-order valence-electron chi connectivity index (χ3n) is 3.52. The standard InChI is InChI=1S/C18H17FN4O2S/c19-15-7-4-8-16(13-15)20-17-9-10-18(22-21-17)23-26(24,25)12-11-14-5-2-1-3-6-14/h1-10,13H,11-12H2,(H,20,21)(H,22,23). The second-order valence-electron chi connectivity index (χ2n) is 5.60. The van der Waals surface area contributed by atoms with Crippen LogP contribution in [-0.4, -0.2) is 24.4 Å². The van der Waals surface area contributed by atoms with Gasteiger partial charge >= 0.3 is 0 Å². The number of benzene rings is 2. The summed E-state index contributed by atoms with van der Waals surface area (Å²) in [5.74, 6) is 0.0820. The van der Waals surface area contributed by atoms with Gasteiger partial charge in [0, 0.05) is 5.69 Å². The number of anilines is 3. The van der Waals surface area contributed by atoms with Crippen LogP contribution in [0.25, 0.3) is 0 Å². The van der Waals surface area contributed by atoms with Crippen molar-refractivity contribution in [3.05, 3.63) is 78.1 Å². The summed E-state index contributed by atoms with van der Waals surface area (Å²) in [5.41, 5.74) is 1.47. The Labute approximate surface area is 151 Å². The second-order valence-corrected chi connectivity index (χ2v) is 7.44. The summed E-state index contributed by atoms with van der Waals surface area (Å²) < 4.78 is 39.9. The number of aryl methyl sites for hydroxylation is 1. The van der Waals surface area contributed by atoms with Crippen molar-refractivity contribution in [1.29, 1.82) is 0 Å². The van der Waals surface area contributed by atoms with E-state index in [1.165, 1.54) is 18.2 Å². The van der Waals surface area contributed by atoms with Gasteiger partial charge in [-0.05, 0) is 42.3 Å². The van der Waals surface area contributed by atoms with Crippen molar-refractivity contribution in [3.8, 4) is 0 Å². The zero-order valence-corrected chi connectivity index (χ0v) is 14.6. The first kappa shape index (κ1) is 17.8. The van der Waals surface area contributed by atoms with Gasteiger partial charge in [-0.25, -0.2) is 12.8 Å². The predicted molar refractivity (Wildman–Crippen MR) is 99.3 cm³/mol. The fourth-order valence-electron chi connectivity index (χ4n) is 2.27. The summed E-state index contributed by atoms with van der Waals surface area (Å²) in [6, 6.07) is 18.3. The molecule has 0 saturated carbocycles. The van der Waals surface area contributed by atoms with Crippen LogP contribution in [0.4, 0.5) is 21.7 Å². The highest BCUT2D eigenvalue weighted by Gasteiger charge is 2.12. The molecule has 6 nitrogen and oxygen atoms in total. The number of aromatic nitrogens is 2. The van der Waals surface area contributed by atoms with Crippen molar-refractivity contribution in [1.82, 2.24) is 10.2 Å². The molecule has 1 aromatic heterocycles. The molecule has 2 N–H and O–H groups in total. The molecule has 0 saturated heterocycles. The Kier molecular flexibility index (Phi) is 5.43. The van der Waals surface area contributed by atoms with Crippen LogP contribution >= 0.6 is 0 Å². The van der Waals surface area contributed by atoms with E-state index in [1.807, 2.05) is 30.3 Å². The van der Waals surface area contributed by atoms with E-state index < -0.39 is 10.0 Å².